The first-order valence-electron chi connectivity index (χ1n) is 10.3. The van der Waals surface area contributed by atoms with Gasteiger partial charge in [-0.2, -0.15) is 5.26 Å². The second-order valence-corrected chi connectivity index (χ2v) is 7.85. The lowest BCUT2D eigenvalue weighted by atomic mass is 10.1. The molecule has 4 aromatic heterocycles. The van der Waals surface area contributed by atoms with Crippen molar-refractivity contribution in [1.29, 1.82) is 5.26 Å². The highest BCUT2D eigenvalue weighted by Gasteiger charge is 2.28. The number of nitriles is 1. The van der Waals surface area contributed by atoms with Crippen molar-refractivity contribution in [3.05, 3.63) is 60.8 Å². The third kappa shape index (κ3) is 3.39. The fourth-order valence-electron chi connectivity index (χ4n) is 4.09. The Hall–Kier alpha value is -3.83. The van der Waals surface area contributed by atoms with Gasteiger partial charge in [0.05, 0.1) is 22.7 Å². The van der Waals surface area contributed by atoms with Crippen LogP contribution in [0.4, 0.5) is 5.82 Å². The van der Waals surface area contributed by atoms with Crippen molar-refractivity contribution >= 4 is 16.9 Å². The van der Waals surface area contributed by atoms with Crippen molar-refractivity contribution in [3.8, 4) is 23.1 Å². The first-order chi connectivity index (χ1) is 15.2. The van der Waals surface area contributed by atoms with Crippen LogP contribution in [0, 0.1) is 11.3 Å². The van der Waals surface area contributed by atoms with E-state index in [-0.39, 0.29) is 6.04 Å². The fraction of sp³-hybridized carbons (Fsp3) is 0.261. The molecule has 2 atom stereocenters. The summed E-state index contributed by atoms with van der Waals surface area (Å²) in [6.07, 6.45) is 7.02. The maximum absolute atomic E-state index is 9.34. The minimum Gasteiger partial charge on any atom is -0.350 e. The predicted molar refractivity (Wildman–Crippen MR) is 119 cm³/mol. The molecule has 0 aliphatic carbocycles. The van der Waals surface area contributed by atoms with Crippen molar-refractivity contribution in [2.24, 2.45) is 0 Å². The van der Waals surface area contributed by atoms with Gasteiger partial charge in [0, 0.05) is 49.3 Å². The summed E-state index contributed by atoms with van der Waals surface area (Å²) in [6.45, 7) is 6.11. The molecule has 4 aromatic rings. The monoisotopic (exact) mass is 410 g/mol. The third-order valence-electron chi connectivity index (χ3n) is 5.66. The maximum atomic E-state index is 9.34. The van der Waals surface area contributed by atoms with Crippen molar-refractivity contribution < 1.29 is 0 Å². The number of aromatic nitrogens is 5. The Kier molecular flexibility index (Phi) is 4.81. The lowest BCUT2D eigenvalue weighted by molar-refractivity contribution is 0.423. The number of hydrogen-bond donors (Lipinski definition) is 1. The predicted octanol–water partition coefficient (Wildman–Crippen LogP) is 2.94. The van der Waals surface area contributed by atoms with Crippen LogP contribution in [0.15, 0.2) is 55.2 Å². The van der Waals surface area contributed by atoms with E-state index >= 15 is 0 Å². The summed E-state index contributed by atoms with van der Waals surface area (Å²) in [5.74, 6) is 1.53. The van der Waals surface area contributed by atoms with E-state index in [1.54, 1.807) is 30.9 Å². The minimum atomic E-state index is 0.286. The van der Waals surface area contributed by atoms with E-state index < -0.39 is 0 Å². The van der Waals surface area contributed by atoms with Gasteiger partial charge in [0.15, 0.2) is 5.65 Å². The summed E-state index contributed by atoms with van der Waals surface area (Å²) in [7, 11) is 0. The minimum absolute atomic E-state index is 0.286. The van der Waals surface area contributed by atoms with Gasteiger partial charge in [0.25, 0.3) is 0 Å². The fourth-order valence-corrected chi connectivity index (χ4v) is 4.09. The lowest BCUT2D eigenvalue weighted by Crippen LogP contribution is -2.54. The highest BCUT2D eigenvalue weighted by Crippen LogP contribution is 2.36. The molecule has 0 radical (unpaired) electrons. The summed E-state index contributed by atoms with van der Waals surface area (Å²) in [4.78, 5) is 20.7. The first-order valence-corrected chi connectivity index (χ1v) is 10.3. The average molecular weight is 410 g/mol. The number of anilines is 1. The van der Waals surface area contributed by atoms with E-state index in [2.05, 4.69) is 45.1 Å². The molecule has 0 unspecified atom stereocenters. The van der Waals surface area contributed by atoms with E-state index in [0.717, 1.165) is 41.2 Å². The number of fused-ring (bicyclic) bond motifs is 1. The maximum Gasteiger partial charge on any atom is 0.151 e. The first kappa shape index (κ1) is 19.2. The molecule has 1 saturated heterocycles. The summed E-state index contributed by atoms with van der Waals surface area (Å²) in [5, 5.41) is 13.8. The Morgan fingerprint density at radius 1 is 1.10 bits per heavy atom. The van der Waals surface area contributed by atoms with Gasteiger partial charge in [0.2, 0.25) is 0 Å². The molecule has 5 heterocycles. The molecule has 1 aliphatic rings. The van der Waals surface area contributed by atoms with Crippen LogP contribution in [0.5, 0.6) is 0 Å². The normalized spacial score (nSPS) is 18.8. The molecular weight excluding hydrogens is 388 g/mol. The quantitative estimate of drug-likeness (QED) is 0.555. The highest BCUT2D eigenvalue weighted by molar-refractivity contribution is 6.01. The van der Waals surface area contributed by atoms with Crippen LogP contribution in [0.25, 0.3) is 28.1 Å². The van der Waals surface area contributed by atoms with Gasteiger partial charge < -0.3 is 10.2 Å². The molecule has 1 fully saturated rings. The second-order valence-electron chi connectivity index (χ2n) is 7.85. The van der Waals surface area contributed by atoms with Crippen LogP contribution >= 0.6 is 0 Å². The van der Waals surface area contributed by atoms with E-state index in [9.17, 15) is 5.26 Å². The Balaban J connectivity index is 1.78. The summed E-state index contributed by atoms with van der Waals surface area (Å²) < 4.78 is 1.92. The van der Waals surface area contributed by atoms with Gasteiger partial charge in [-0.15, -0.1) is 0 Å². The molecule has 31 heavy (non-hydrogen) atoms. The molecule has 0 aromatic carbocycles. The van der Waals surface area contributed by atoms with E-state index in [1.807, 2.05) is 29.0 Å². The summed E-state index contributed by atoms with van der Waals surface area (Å²) in [5.41, 5.74) is 3.07. The Bertz CT molecular complexity index is 1270. The van der Waals surface area contributed by atoms with E-state index in [4.69, 9.17) is 4.98 Å². The second kappa shape index (κ2) is 7.78. The van der Waals surface area contributed by atoms with Gasteiger partial charge in [-0.05, 0) is 38.1 Å². The van der Waals surface area contributed by atoms with Crippen LogP contribution in [-0.4, -0.2) is 49.7 Å². The molecule has 8 heteroatoms. The molecule has 0 bridgehead atoms. The Morgan fingerprint density at radius 3 is 2.81 bits per heavy atom. The molecule has 5 rings (SSSR count). The Morgan fingerprint density at radius 2 is 2.00 bits per heavy atom. The topological polar surface area (TPSA) is 95.5 Å². The summed E-state index contributed by atoms with van der Waals surface area (Å²) >= 11 is 0. The number of piperazine rings is 1. The van der Waals surface area contributed by atoms with Crippen LogP contribution in [0.1, 0.15) is 19.4 Å². The highest BCUT2D eigenvalue weighted by atomic mass is 15.3. The van der Waals surface area contributed by atoms with Gasteiger partial charge in [-0.25, -0.2) is 15.0 Å². The number of nitrogens with zero attached hydrogens (tertiary/aromatic N) is 7. The molecule has 0 spiro atoms. The van der Waals surface area contributed by atoms with Crippen LogP contribution in [0.3, 0.4) is 0 Å². The lowest BCUT2D eigenvalue weighted by Gasteiger charge is -2.38. The van der Waals surface area contributed by atoms with Crippen LogP contribution in [-0.2, 0) is 0 Å². The van der Waals surface area contributed by atoms with Crippen molar-refractivity contribution in [2.75, 3.05) is 18.0 Å². The average Bonchev–Trinajstić information content (AvgIpc) is 3.21. The van der Waals surface area contributed by atoms with Crippen molar-refractivity contribution in [1.82, 2.24) is 29.8 Å². The van der Waals surface area contributed by atoms with Crippen LogP contribution in [0.2, 0.25) is 0 Å². The van der Waals surface area contributed by atoms with E-state index in [1.165, 1.54) is 0 Å². The third-order valence-corrected chi connectivity index (χ3v) is 5.66. The van der Waals surface area contributed by atoms with E-state index in [0.29, 0.717) is 17.4 Å². The molecule has 1 aliphatic heterocycles. The van der Waals surface area contributed by atoms with Crippen molar-refractivity contribution in [3.63, 3.8) is 0 Å². The Labute approximate surface area is 180 Å². The number of rotatable bonds is 3. The zero-order chi connectivity index (χ0) is 21.4. The zero-order valence-electron chi connectivity index (χ0n) is 17.4. The van der Waals surface area contributed by atoms with Gasteiger partial charge in [-0.3, -0.25) is 9.55 Å². The van der Waals surface area contributed by atoms with Gasteiger partial charge in [-0.1, -0.05) is 6.07 Å². The SMILES string of the molecule is C[C@@H]1CN(c2ncnc3c2c(-c2ccccn2)cn3-c2cc(C#N)ccn2)[C@@H](C)CN1. The molecule has 0 saturated carbocycles. The van der Waals surface area contributed by atoms with Crippen LogP contribution < -0.4 is 10.2 Å². The molecule has 0 amide bonds. The van der Waals surface area contributed by atoms with Crippen molar-refractivity contribution in [2.45, 2.75) is 25.9 Å². The molecule has 154 valence electrons. The molecule has 8 nitrogen and oxygen atoms in total. The zero-order valence-corrected chi connectivity index (χ0v) is 17.4. The number of pyridine rings is 2. The van der Waals surface area contributed by atoms with Gasteiger partial charge in [0.1, 0.15) is 18.0 Å². The number of nitrogens with one attached hydrogen (secondary N) is 1. The summed E-state index contributed by atoms with van der Waals surface area (Å²) in [6, 6.07) is 12.1. The number of hydrogen-bond acceptors (Lipinski definition) is 7. The van der Waals surface area contributed by atoms with Gasteiger partial charge >= 0.3 is 0 Å². The largest absolute Gasteiger partial charge is 0.350 e. The molecular formula is C23H22N8. The molecule has 1 N–H and O–H groups in total. The standard InChI is InChI=1S/C23H22N8/c1-15-12-30(16(2)11-27-15)22-21-18(19-5-3-4-7-25-19)13-31(23(21)29-14-28-22)20-9-17(10-24)6-8-26-20/h3-9,13-16,27H,11-12H2,1-2H3/t15-,16+/m1/s1. The smallest absolute Gasteiger partial charge is 0.151 e.